The van der Waals surface area contributed by atoms with Crippen LogP contribution in [0.3, 0.4) is 0 Å². The summed E-state index contributed by atoms with van der Waals surface area (Å²) in [6.07, 6.45) is 12.8. The van der Waals surface area contributed by atoms with Crippen LogP contribution in [0.1, 0.15) is 99.9 Å². The first-order valence-electron chi connectivity index (χ1n) is 16.7. The number of hydrogen-bond acceptors (Lipinski definition) is 0. The summed E-state index contributed by atoms with van der Waals surface area (Å²) in [7, 11) is 0. The van der Waals surface area contributed by atoms with Crippen molar-refractivity contribution in [1.29, 1.82) is 0 Å². The van der Waals surface area contributed by atoms with Crippen LogP contribution in [0.2, 0.25) is 0 Å². The van der Waals surface area contributed by atoms with E-state index in [9.17, 15) is 0 Å². The molecule has 4 aromatic rings. The molecule has 0 spiro atoms. The second kappa shape index (κ2) is 17.6. The number of benzene rings is 4. The van der Waals surface area contributed by atoms with E-state index in [1.807, 2.05) is 30.3 Å². The van der Waals surface area contributed by atoms with E-state index in [4.69, 9.17) is 0 Å². The van der Waals surface area contributed by atoms with E-state index in [-0.39, 0.29) is 43.1 Å². The summed E-state index contributed by atoms with van der Waals surface area (Å²) >= 11 is 1.30. The van der Waals surface area contributed by atoms with Crippen molar-refractivity contribution in [2.75, 3.05) is 0 Å². The van der Waals surface area contributed by atoms with E-state index in [1.165, 1.54) is 102 Å². The molecule has 262 valence electrons. The van der Waals surface area contributed by atoms with Crippen molar-refractivity contribution in [3.8, 4) is 11.1 Å². The topological polar surface area (TPSA) is 0 Å². The fourth-order valence-electron chi connectivity index (χ4n) is 7.51. The van der Waals surface area contributed by atoms with E-state index in [1.54, 1.807) is 0 Å². The van der Waals surface area contributed by atoms with Gasteiger partial charge in [0.1, 0.15) is 0 Å². The Morgan fingerprint density at radius 2 is 1.28 bits per heavy atom. The summed E-state index contributed by atoms with van der Waals surface area (Å²) < 4.78 is 3.34. The molecule has 0 nitrogen and oxygen atoms in total. The number of rotatable bonds is 1. The third-order valence-electron chi connectivity index (χ3n) is 9.67. The van der Waals surface area contributed by atoms with E-state index >= 15 is 0 Å². The second-order valence-corrected chi connectivity index (χ2v) is 14.3. The van der Waals surface area contributed by atoms with Gasteiger partial charge in [0.2, 0.25) is 0 Å². The molecule has 4 aliphatic carbocycles. The molecule has 4 aromatic carbocycles. The second-order valence-electron chi connectivity index (χ2n) is 14.3. The number of fused-ring (bicyclic) bond motifs is 5. The molecular weight excluding hydrogens is 727 g/mol. The molecule has 0 aliphatic heterocycles. The quantitative estimate of drug-likeness (QED) is 0.149. The maximum atomic E-state index is 3.65. The normalized spacial score (nSPS) is 17.1. The molecule has 0 saturated carbocycles. The molecule has 0 fully saturated rings. The molecule has 4 aliphatic rings. The summed E-state index contributed by atoms with van der Waals surface area (Å²) in [6.45, 7) is 20.0. The standard InChI is InChI=1S/C25H25.C13H13.C7H7.CH3.CH2.2ClH.Zr/c1-14-12-24(3,4)22-8-16-7-17-9-23-19(15(2)13-25(23,5)6)11-21(17)20(16)10-18(14)22;1-10-8-11(2)13(9-10)12-6-4-3-5-7-12;1-7-5-3-2-4-6-7;;;;;/h8-12H,7H2,1-6H3;3-7,9-10H,1-2H3;3-6H,1H3;1H3;1H2;2*1H;/q4*-1;;;;. The van der Waals surface area contributed by atoms with Crippen LogP contribution in [0.4, 0.5) is 0 Å². The summed E-state index contributed by atoms with van der Waals surface area (Å²) in [4.78, 5) is 0. The zero-order chi connectivity index (χ0) is 34.1. The molecule has 8 rings (SSSR count). The van der Waals surface area contributed by atoms with Gasteiger partial charge in [0.05, 0.1) is 0 Å². The minimum atomic E-state index is 0. The maximum absolute atomic E-state index is 3.65. The Bertz CT molecular complexity index is 1840. The van der Waals surface area contributed by atoms with Gasteiger partial charge in [-0.15, -0.1) is 42.0 Å². The predicted octanol–water partition coefficient (Wildman–Crippen LogP) is 13.0. The van der Waals surface area contributed by atoms with Crippen molar-refractivity contribution in [3.05, 3.63) is 167 Å². The largest absolute Gasteiger partial charge is 0.358 e. The van der Waals surface area contributed by atoms with Crippen LogP contribution in [0.25, 0.3) is 27.8 Å². The van der Waals surface area contributed by atoms with Gasteiger partial charge >= 0.3 is 28.4 Å². The van der Waals surface area contributed by atoms with Gasteiger partial charge in [0.25, 0.3) is 0 Å². The number of hydrogen-bond donors (Lipinski definition) is 0. The first kappa shape index (κ1) is 43.3. The zero-order valence-corrected chi connectivity index (χ0v) is 35.6. The molecule has 0 amide bonds. The van der Waals surface area contributed by atoms with Crippen LogP contribution in [0.15, 0.2) is 96.6 Å². The number of allylic oxidation sites excluding steroid dienone is 8. The van der Waals surface area contributed by atoms with Crippen molar-refractivity contribution < 1.29 is 24.2 Å². The molecule has 0 saturated heterocycles. The van der Waals surface area contributed by atoms with Crippen molar-refractivity contribution in [2.24, 2.45) is 5.92 Å². The fraction of sp³-hybridized carbons (Fsp3) is 0.277. The summed E-state index contributed by atoms with van der Waals surface area (Å²) in [5.41, 5.74) is 19.8. The molecule has 50 heavy (non-hydrogen) atoms. The molecule has 3 heteroatoms. The number of aryl methyl sites for hydroxylation is 1. The summed E-state index contributed by atoms with van der Waals surface area (Å²) in [5, 5.41) is 0. The maximum Gasteiger partial charge on any atom is -0.358 e. The zero-order valence-electron chi connectivity index (χ0n) is 31.5. The van der Waals surface area contributed by atoms with Gasteiger partial charge < -0.3 is 7.43 Å². The van der Waals surface area contributed by atoms with Gasteiger partial charge in [-0.3, -0.25) is 12.2 Å². The molecule has 0 radical (unpaired) electrons. The summed E-state index contributed by atoms with van der Waals surface area (Å²) in [5.74, 6) is 0.468. The fourth-order valence-corrected chi connectivity index (χ4v) is 7.51. The minimum Gasteiger partial charge on any atom is -0.358 e. The average Bonchev–Trinajstić information content (AvgIpc) is 3.71. The van der Waals surface area contributed by atoms with Crippen LogP contribution in [0.5, 0.6) is 0 Å². The van der Waals surface area contributed by atoms with Crippen LogP contribution < -0.4 is 0 Å². The van der Waals surface area contributed by atoms with Crippen LogP contribution in [0, 0.1) is 38.5 Å². The number of halogens is 2. The van der Waals surface area contributed by atoms with Crippen molar-refractivity contribution in [3.63, 3.8) is 0 Å². The van der Waals surface area contributed by atoms with Gasteiger partial charge in [-0.1, -0.05) is 115 Å². The molecule has 0 heterocycles. The van der Waals surface area contributed by atoms with Gasteiger partial charge in [-0.2, -0.15) is 53.1 Å². The molecule has 0 aromatic heterocycles. The first-order chi connectivity index (χ1) is 22.3. The Kier molecular flexibility index (Phi) is 15.3. The Hall–Kier alpha value is -2.83. The third-order valence-corrected chi connectivity index (χ3v) is 9.67. The third kappa shape index (κ3) is 8.96. The predicted molar refractivity (Wildman–Crippen MR) is 221 cm³/mol. The average molecular weight is 779 g/mol. The smallest absolute Gasteiger partial charge is 0.358 e. The van der Waals surface area contributed by atoms with E-state index in [0.29, 0.717) is 5.92 Å². The van der Waals surface area contributed by atoms with Gasteiger partial charge in [0.15, 0.2) is 0 Å². The summed E-state index contributed by atoms with van der Waals surface area (Å²) in [6, 6.07) is 31.1. The van der Waals surface area contributed by atoms with E-state index < -0.39 is 0 Å². The van der Waals surface area contributed by atoms with Crippen molar-refractivity contribution in [2.45, 2.75) is 79.6 Å². The van der Waals surface area contributed by atoms with Gasteiger partial charge in [0, 0.05) is 5.41 Å². The van der Waals surface area contributed by atoms with Gasteiger partial charge in [-0.05, 0) is 58.4 Å². The first-order valence-corrected chi connectivity index (χ1v) is 18.4. The molecule has 1 unspecified atom stereocenters. The Labute approximate surface area is 331 Å². The Morgan fingerprint density at radius 1 is 0.720 bits per heavy atom. The van der Waals surface area contributed by atoms with Crippen LogP contribution in [-0.4, -0.2) is 4.21 Å². The van der Waals surface area contributed by atoms with E-state index in [2.05, 4.69) is 145 Å². The van der Waals surface area contributed by atoms with Crippen LogP contribution in [-0.2, 0) is 41.5 Å². The monoisotopic (exact) mass is 776 g/mol. The Balaban J connectivity index is 0.000000293. The molecular formula is C47H52Cl2Zr-4. The van der Waals surface area contributed by atoms with E-state index in [0.717, 1.165) is 6.42 Å². The van der Waals surface area contributed by atoms with Gasteiger partial charge in [-0.25, -0.2) is 11.1 Å². The van der Waals surface area contributed by atoms with Crippen molar-refractivity contribution in [1.82, 2.24) is 0 Å². The Morgan fingerprint density at radius 3 is 1.80 bits per heavy atom. The molecule has 0 N–H and O–H groups in total. The molecule has 1 atom stereocenters. The molecule has 0 bridgehead atoms. The van der Waals surface area contributed by atoms with Crippen LogP contribution >= 0.6 is 24.8 Å². The SMILES string of the molecule is CC1=[C-]C(C)(C)c2cc3c(cc21)-c1cc2c(cc1C3)C(C)(C)C=C2C.CC1=[C-]C(C)C=C1c1ccccc1.Cc1cc[c-]cc1.Cl.Cl.[CH2]=[Zr].[CH3-]. The van der Waals surface area contributed by atoms with Crippen molar-refractivity contribution >= 4 is 45.7 Å². The minimum absolute atomic E-state index is 0.